The zero-order valence-corrected chi connectivity index (χ0v) is 8.73. The molecule has 0 radical (unpaired) electrons. The molecule has 0 spiro atoms. The Bertz CT molecular complexity index is 23.6. The van der Waals surface area contributed by atoms with Gasteiger partial charge in [0.1, 0.15) is 0 Å². The van der Waals surface area contributed by atoms with E-state index in [1.807, 2.05) is 0 Å². The monoisotopic (exact) mass is 286 g/mol. The van der Waals surface area contributed by atoms with Crippen LogP contribution in [-0.4, -0.2) is 17.5 Å². The molecule has 1 nitrogen and oxygen atoms in total. The summed E-state index contributed by atoms with van der Waals surface area (Å²) >= 11 is 2.34. The van der Waals surface area contributed by atoms with Crippen LogP contribution in [0.5, 0.6) is 0 Å². The van der Waals surface area contributed by atoms with Gasteiger partial charge in [-0.25, -0.2) is 0 Å². The predicted octanol–water partition coefficient (Wildman–Crippen LogP) is -1.32. The molecule has 1 unspecified atom stereocenters. The van der Waals surface area contributed by atoms with Crippen LogP contribution in [0, 0.1) is 0 Å². The minimum atomic E-state index is -0.616. The minimum absolute atomic E-state index is 0.616. The summed E-state index contributed by atoms with van der Waals surface area (Å²) in [6.45, 7) is 2.16. The molecule has 0 saturated heterocycles. The van der Waals surface area contributed by atoms with Gasteiger partial charge in [-0.3, -0.25) is 0 Å². The molecule has 0 aromatic rings. The van der Waals surface area contributed by atoms with Crippen LogP contribution in [0.15, 0.2) is 0 Å². The van der Waals surface area contributed by atoms with Crippen LogP contribution in [0.25, 0.3) is 0 Å². The third-order valence-electron chi connectivity index (χ3n) is 0.310. The van der Waals surface area contributed by atoms with Crippen molar-refractivity contribution in [3.8, 4) is 0 Å². The molecule has 0 bridgehead atoms. The first-order valence-corrected chi connectivity index (χ1v) is 8.15. The van der Waals surface area contributed by atoms with Crippen molar-refractivity contribution in [1.82, 2.24) is 0 Å². The second-order valence-electron chi connectivity index (χ2n) is 0.729. The molecule has 0 aromatic heterocycles. The number of hydrogen-bond donors (Lipinski definition) is 0. The molecular formula is CH7OPtSi2. The molecule has 35 valence electrons. The molecule has 0 saturated carbocycles. The van der Waals surface area contributed by atoms with Crippen molar-refractivity contribution in [1.29, 1.82) is 0 Å². The van der Waals surface area contributed by atoms with Gasteiger partial charge >= 0.3 is 47.2 Å². The molecule has 0 N–H and O–H groups in total. The van der Waals surface area contributed by atoms with Crippen LogP contribution in [-0.2, 0) is 23.2 Å². The van der Waals surface area contributed by atoms with Gasteiger partial charge in [-0.05, 0) is 0 Å². The van der Waals surface area contributed by atoms with Gasteiger partial charge in [0.25, 0.3) is 0 Å². The van der Waals surface area contributed by atoms with Gasteiger partial charge < -0.3 is 0 Å². The van der Waals surface area contributed by atoms with Gasteiger partial charge in [0, 0.05) is 0 Å². The second-order valence-corrected chi connectivity index (χ2v) is 9.14. The van der Waals surface area contributed by atoms with Crippen molar-refractivity contribution in [2.45, 2.75) is 6.55 Å². The third-order valence-corrected chi connectivity index (χ3v) is 7.61. The Balaban J connectivity index is 2.54. The standard InChI is InChI=1S/CH7OSi2.Pt/c1-4-2-3;/h4H,1,3H3;. The molecular weight excluding hydrogens is 279 g/mol. The van der Waals surface area contributed by atoms with Crippen molar-refractivity contribution in [3.63, 3.8) is 0 Å². The van der Waals surface area contributed by atoms with Crippen molar-refractivity contribution in [3.05, 3.63) is 0 Å². The zero-order chi connectivity index (χ0) is 4.28. The maximum atomic E-state index is 5.02. The van der Waals surface area contributed by atoms with E-state index >= 15 is 0 Å². The Labute approximate surface area is 47.5 Å². The molecule has 0 aromatic carbocycles. The van der Waals surface area contributed by atoms with E-state index in [1.54, 1.807) is 0 Å². The van der Waals surface area contributed by atoms with E-state index < -0.39 is 7.01 Å². The summed E-state index contributed by atoms with van der Waals surface area (Å²) in [6, 6.07) is 0. The third kappa shape index (κ3) is 5.08. The Kier molecular flexibility index (Phi) is 3.99. The van der Waals surface area contributed by atoms with Gasteiger partial charge in [0.05, 0.1) is 0 Å². The summed E-state index contributed by atoms with van der Waals surface area (Å²) in [5, 5.41) is 0. The number of rotatable bonds is 1. The summed E-state index contributed by atoms with van der Waals surface area (Å²) in [7, 11) is 0.312. The van der Waals surface area contributed by atoms with E-state index in [2.05, 4.69) is 25.6 Å². The summed E-state index contributed by atoms with van der Waals surface area (Å²) in [4.78, 5) is 0. The molecule has 0 aliphatic carbocycles. The molecule has 5 heavy (non-hydrogen) atoms. The first kappa shape index (κ1) is 6.08. The molecule has 1 atom stereocenters. The topological polar surface area (TPSA) is 9.23 Å². The van der Waals surface area contributed by atoms with E-state index in [1.165, 1.54) is 0 Å². The fourth-order valence-corrected chi connectivity index (χ4v) is 0. The Morgan fingerprint density at radius 1 is 2.00 bits per heavy atom. The van der Waals surface area contributed by atoms with Crippen molar-refractivity contribution in [2.24, 2.45) is 0 Å². The predicted molar refractivity (Wildman–Crippen MR) is 24.0 cm³/mol. The molecule has 0 heterocycles. The van der Waals surface area contributed by atoms with Gasteiger partial charge in [-0.1, -0.05) is 0 Å². The average Bonchev–Trinajstić information content (AvgIpc) is 1.38. The van der Waals surface area contributed by atoms with Gasteiger partial charge in [0.15, 0.2) is 0 Å². The SMILES string of the molecule is C[SiH]([Pt])O[SiH3]. The van der Waals surface area contributed by atoms with Crippen LogP contribution in [0.4, 0.5) is 0 Å². The molecule has 0 aliphatic rings. The fraction of sp³-hybridized carbons (Fsp3) is 1.00. The van der Waals surface area contributed by atoms with E-state index in [9.17, 15) is 0 Å². The van der Waals surface area contributed by atoms with Crippen molar-refractivity contribution >= 4 is 17.5 Å². The summed E-state index contributed by atoms with van der Waals surface area (Å²) < 4.78 is 5.02. The van der Waals surface area contributed by atoms with Crippen molar-refractivity contribution in [2.75, 3.05) is 0 Å². The first-order chi connectivity index (χ1) is 2.27. The molecule has 0 aliphatic heterocycles. The van der Waals surface area contributed by atoms with E-state index in [-0.39, 0.29) is 0 Å². The number of hydrogen-bond acceptors (Lipinski definition) is 1. The average molecular weight is 286 g/mol. The van der Waals surface area contributed by atoms with Crippen LogP contribution < -0.4 is 0 Å². The quantitative estimate of drug-likeness (QED) is 0.544. The Hall–Kier alpha value is 1.08. The van der Waals surface area contributed by atoms with E-state index in [4.69, 9.17) is 4.12 Å². The van der Waals surface area contributed by atoms with Crippen LogP contribution >= 0.6 is 0 Å². The Morgan fingerprint density at radius 3 is 2.20 bits per heavy atom. The van der Waals surface area contributed by atoms with E-state index in [0.29, 0.717) is 0 Å². The second kappa shape index (κ2) is 3.28. The fourth-order valence-electron chi connectivity index (χ4n) is 0. The maximum absolute atomic E-state index is 5.02. The van der Waals surface area contributed by atoms with Crippen LogP contribution in [0.1, 0.15) is 0 Å². The van der Waals surface area contributed by atoms with Crippen LogP contribution in [0.2, 0.25) is 6.55 Å². The summed E-state index contributed by atoms with van der Waals surface area (Å²) in [6.07, 6.45) is 0. The van der Waals surface area contributed by atoms with Crippen molar-refractivity contribution < 1.29 is 23.2 Å². The van der Waals surface area contributed by atoms with Gasteiger partial charge in [-0.15, -0.1) is 0 Å². The molecule has 0 fully saturated rings. The van der Waals surface area contributed by atoms with Crippen LogP contribution in [0.3, 0.4) is 0 Å². The van der Waals surface area contributed by atoms with Gasteiger partial charge in [-0.2, -0.15) is 0 Å². The van der Waals surface area contributed by atoms with E-state index in [0.717, 1.165) is 10.5 Å². The normalized spacial score (nSPS) is 15.8. The molecule has 0 amide bonds. The van der Waals surface area contributed by atoms with Gasteiger partial charge in [0.2, 0.25) is 0 Å². The Morgan fingerprint density at radius 2 is 2.20 bits per heavy atom. The molecule has 4 heteroatoms. The zero-order valence-electron chi connectivity index (χ0n) is 3.30. The summed E-state index contributed by atoms with van der Waals surface area (Å²) in [5.74, 6) is 0. The molecule has 0 rings (SSSR count). The first-order valence-electron chi connectivity index (χ1n) is 1.40. The summed E-state index contributed by atoms with van der Waals surface area (Å²) in [5.41, 5.74) is 0.